The molecule has 2 N–H and O–H groups in total. The number of esters is 1. The van der Waals surface area contributed by atoms with Crippen LogP contribution in [0.25, 0.3) is 0 Å². The second kappa shape index (κ2) is 9.32. The molecule has 29 heavy (non-hydrogen) atoms. The largest absolute Gasteiger partial charge is 0.482 e. The summed E-state index contributed by atoms with van der Waals surface area (Å²) in [5.74, 6) is -0.728. The molecule has 0 radical (unpaired) electrons. The number of rotatable bonds is 5. The maximum absolute atomic E-state index is 12.0. The minimum atomic E-state index is -0.734. The van der Waals surface area contributed by atoms with E-state index < -0.39 is 23.5 Å². The Morgan fingerprint density at radius 2 is 1.79 bits per heavy atom. The number of nitrogens with zero attached hydrogens (tertiary/aromatic N) is 2. The van der Waals surface area contributed by atoms with Crippen LogP contribution in [0.2, 0.25) is 0 Å². The minimum Gasteiger partial charge on any atom is -0.482 e. The van der Waals surface area contributed by atoms with E-state index in [9.17, 15) is 14.4 Å². The van der Waals surface area contributed by atoms with Crippen LogP contribution < -0.4 is 15.4 Å². The van der Waals surface area contributed by atoms with Crippen molar-refractivity contribution in [2.75, 3.05) is 11.9 Å². The van der Waals surface area contributed by atoms with Crippen molar-refractivity contribution in [3.63, 3.8) is 0 Å². The monoisotopic (exact) mass is 396 g/mol. The second-order valence-corrected chi connectivity index (χ2v) is 6.85. The fourth-order valence-corrected chi connectivity index (χ4v) is 2.08. The van der Waals surface area contributed by atoms with E-state index in [-0.39, 0.29) is 17.9 Å². The number of amides is 3. The summed E-state index contributed by atoms with van der Waals surface area (Å²) in [4.78, 5) is 39.3. The summed E-state index contributed by atoms with van der Waals surface area (Å²) in [7, 11) is 0. The van der Waals surface area contributed by atoms with Crippen molar-refractivity contribution < 1.29 is 23.9 Å². The molecule has 0 saturated heterocycles. The predicted octanol–water partition coefficient (Wildman–Crippen LogP) is 2.64. The van der Waals surface area contributed by atoms with Crippen molar-refractivity contribution in [2.24, 2.45) is 0 Å². The molecule has 9 nitrogen and oxygen atoms in total. The molecule has 1 aromatic carbocycles. The van der Waals surface area contributed by atoms with Crippen LogP contribution in [-0.4, -0.2) is 35.1 Å². The van der Waals surface area contributed by atoms with E-state index in [0.717, 1.165) is 0 Å². The van der Waals surface area contributed by atoms with Gasteiger partial charge in [-0.05, 0) is 57.2 Å². The zero-order chi connectivity index (χ0) is 21.4. The number of pyridine rings is 1. The first-order valence-corrected chi connectivity index (χ1v) is 8.59. The van der Waals surface area contributed by atoms with Crippen molar-refractivity contribution in [2.45, 2.75) is 26.4 Å². The van der Waals surface area contributed by atoms with Crippen LogP contribution in [0.4, 0.5) is 10.5 Å². The van der Waals surface area contributed by atoms with E-state index in [4.69, 9.17) is 14.7 Å². The average molecular weight is 396 g/mol. The molecule has 0 bridgehead atoms. The SMILES string of the molecule is CC(C)(C)OC(=O)COc1ccc(NC(=O)NC(=O)c2ccc(C#N)nc2)cc1. The zero-order valence-electron chi connectivity index (χ0n) is 16.2. The number of carbonyl (C=O) groups is 3. The molecule has 0 atom stereocenters. The van der Waals surface area contributed by atoms with Gasteiger partial charge in [0.1, 0.15) is 23.1 Å². The lowest BCUT2D eigenvalue weighted by molar-refractivity contribution is -0.157. The standard InChI is InChI=1S/C20H20N4O5/c1-20(2,3)29-17(25)12-28-16-8-6-14(7-9-16)23-19(27)24-18(26)13-4-5-15(10-21)22-11-13/h4-9,11H,12H2,1-3H3,(H2,23,24,26,27). The molecule has 0 spiro atoms. The summed E-state index contributed by atoms with van der Waals surface area (Å²) >= 11 is 0. The van der Waals surface area contributed by atoms with Gasteiger partial charge in [0.05, 0.1) is 5.56 Å². The summed E-state index contributed by atoms with van der Waals surface area (Å²) in [6.07, 6.45) is 1.21. The summed E-state index contributed by atoms with van der Waals surface area (Å²) in [6.45, 7) is 5.05. The summed E-state index contributed by atoms with van der Waals surface area (Å²) in [6, 6.07) is 10.1. The van der Waals surface area contributed by atoms with E-state index in [2.05, 4.69) is 15.6 Å². The molecule has 1 aromatic heterocycles. The van der Waals surface area contributed by atoms with Gasteiger partial charge in [-0.3, -0.25) is 10.1 Å². The number of hydrogen-bond acceptors (Lipinski definition) is 7. The molecule has 2 aromatic rings. The van der Waals surface area contributed by atoms with Crippen LogP contribution in [0, 0.1) is 11.3 Å². The summed E-state index contributed by atoms with van der Waals surface area (Å²) < 4.78 is 10.5. The quantitative estimate of drug-likeness (QED) is 0.743. The number of benzene rings is 1. The maximum atomic E-state index is 12.0. The molecule has 1 heterocycles. The molecule has 3 amide bonds. The van der Waals surface area contributed by atoms with Crippen molar-refractivity contribution in [1.29, 1.82) is 5.26 Å². The maximum Gasteiger partial charge on any atom is 0.344 e. The summed E-state index contributed by atoms with van der Waals surface area (Å²) in [5.41, 5.74) is 0.134. The summed E-state index contributed by atoms with van der Waals surface area (Å²) in [5, 5.41) is 13.3. The Labute approximate surface area is 167 Å². The van der Waals surface area contributed by atoms with E-state index >= 15 is 0 Å². The number of ether oxygens (including phenoxy) is 2. The predicted molar refractivity (Wildman–Crippen MR) is 103 cm³/mol. The molecule has 0 aliphatic carbocycles. The van der Waals surface area contributed by atoms with Gasteiger partial charge >= 0.3 is 12.0 Å². The molecule has 0 unspecified atom stereocenters. The van der Waals surface area contributed by atoms with E-state index in [1.807, 2.05) is 6.07 Å². The number of nitriles is 1. The van der Waals surface area contributed by atoms with Gasteiger partial charge < -0.3 is 14.8 Å². The third-order valence-corrected chi connectivity index (χ3v) is 3.26. The number of anilines is 1. The first-order chi connectivity index (χ1) is 13.7. The Bertz CT molecular complexity index is 925. The highest BCUT2D eigenvalue weighted by atomic mass is 16.6. The van der Waals surface area contributed by atoms with Gasteiger partial charge in [0.15, 0.2) is 6.61 Å². The molecular formula is C20H20N4O5. The first kappa shape index (κ1) is 21.4. The topological polar surface area (TPSA) is 130 Å². The highest BCUT2D eigenvalue weighted by Gasteiger charge is 2.16. The van der Waals surface area contributed by atoms with E-state index in [0.29, 0.717) is 11.4 Å². The first-order valence-electron chi connectivity index (χ1n) is 8.59. The van der Waals surface area contributed by atoms with Gasteiger partial charge in [0.2, 0.25) is 0 Å². The van der Waals surface area contributed by atoms with Gasteiger partial charge in [0, 0.05) is 11.9 Å². The average Bonchev–Trinajstić information content (AvgIpc) is 2.66. The Kier molecular flexibility index (Phi) is 6.87. The molecular weight excluding hydrogens is 376 g/mol. The molecule has 0 saturated carbocycles. The van der Waals surface area contributed by atoms with Gasteiger partial charge in [-0.2, -0.15) is 5.26 Å². The van der Waals surface area contributed by atoms with E-state index in [1.54, 1.807) is 45.0 Å². The number of urea groups is 1. The molecule has 0 aliphatic heterocycles. The van der Waals surface area contributed by atoms with Crippen LogP contribution in [0.1, 0.15) is 36.8 Å². The third-order valence-electron chi connectivity index (χ3n) is 3.26. The Morgan fingerprint density at radius 3 is 2.34 bits per heavy atom. The third kappa shape index (κ3) is 7.30. The lowest BCUT2D eigenvalue weighted by atomic mass is 10.2. The van der Waals surface area contributed by atoms with E-state index in [1.165, 1.54) is 18.3 Å². The normalized spacial score (nSPS) is 10.4. The lowest BCUT2D eigenvalue weighted by Gasteiger charge is -2.19. The van der Waals surface area contributed by atoms with Crippen molar-refractivity contribution >= 4 is 23.6 Å². The fraction of sp³-hybridized carbons (Fsp3) is 0.250. The number of hydrogen-bond donors (Lipinski definition) is 2. The fourth-order valence-electron chi connectivity index (χ4n) is 2.08. The number of carbonyl (C=O) groups excluding carboxylic acids is 3. The highest BCUT2D eigenvalue weighted by molar-refractivity contribution is 6.07. The van der Waals surface area contributed by atoms with Gasteiger partial charge in [-0.25, -0.2) is 14.6 Å². The smallest absolute Gasteiger partial charge is 0.344 e. The van der Waals surface area contributed by atoms with Gasteiger partial charge in [-0.1, -0.05) is 0 Å². The van der Waals surface area contributed by atoms with Crippen LogP contribution in [0.15, 0.2) is 42.6 Å². The number of imide groups is 1. The Morgan fingerprint density at radius 1 is 1.10 bits per heavy atom. The number of nitrogens with one attached hydrogen (secondary N) is 2. The minimum absolute atomic E-state index is 0.144. The molecule has 9 heteroatoms. The lowest BCUT2D eigenvalue weighted by Crippen LogP contribution is -2.34. The highest BCUT2D eigenvalue weighted by Crippen LogP contribution is 2.16. The Hall–Kier alpha value is -3.93. The zero-order valence-corrected chi connectivity index (χ0v) is 16.2. The number of aromatic nitrogens is 1. The van der Waals surface area contributed by atoms with Crippen molar-refractivity contribution in [3.05, 3.63) is 53.9 Å². The van der Waals surface area contributed by atoms with Gasteiger partial charge in [-0.15, -0.1) is 0 Å². The second-order valence-electron chi connectivity index (χ2n) is 6.85. The van der Waals surface area contributed by atoms with Crippen LogP contribution in [-0.2, 0) is 9.53 Å². The van der Waals surface area contributed by atoms with Crippen LogP contribution in [0.3, 0.4) is 0 Å². The molecule has 0 aliphatic rings. The molecule has 0 fully saturated rings. The molecule has 150 valence electrons. The van der Waals surface area contributed by atoms with Crippen molar-refractivity contribution in [3.8, 4) is 11.8 Å². The van der Waals surface area contributed by atoms with Crippen LogP contribution >= 0.6 is 0 Å². The van der Waals surface area contributed by atoms with Crippen molar-refractivity contribution in [1.82, 2.24) is 10.3 Å². The van der Waals surface area contributed by atoms with Crippen LogP contribution in [0.5, 0.6) is 5.75 Å². The Balaban J connectivity index is 1.84. The molecule has 2 rings (SSSR count). The van der Waals surface area contributed by atoms with Gasteiger partial charge in [0.25, 0.3) is 5.91 Å².